The van der Waals surface area contributed by atoms with Crippen LogP contribution in [0.3, 0.4) is 0 Å². The highest BCUT2D eigenvalue weighted by atomic mass is 35.5. The molecule has 1 saturated heterocycles. The van der Waals surface area contributed by atoms with Crippen molar-refractivity contribution in [3.05, 3.63) is 112 Å². The summed E-state index contributed by atoms with van der Waals surface area (Å²) in [7, 11) is 0. The third-order valence-corrected chi connectivity index (χ3v) is 9.14. The number of aliphatic hydroxyl groups is 1. The van der Waals surface area contributed by atoms with Gasteiger partial charge in [0, 0.05) is 21.4 Å². The highest BCUT2D eigenvalue weighted by Crippen LogP contribution is 2.46. The van der Waals surface area contributed by atoms with Gasteiger partial charge in [0.15, 0.2) is 15.8 Å². The number of Topliss-reactive ketones (excluding diaryl/α,β-unsaturated/α-hetero) is 1. The molecule has 0 aliphatic carbocycles. The monoisotopic (exact) mass is 653 g/mol. The lowest BCUT2D eigenvalue weighted by Gasteiger charge is -2.23. The highest BCUT2D eigenvalue weighted by molar-refractivity contribution is 8.00. The predicted molar refractivity (Wildman–Crippen MR) is 170 cm³/mol. The van der Waals surface area contributed by atoms with Crippen molar-refractivity contribution in [3.63, 3.8) is 0 Å². The number of carbonyl (C=O) groups is 2. The van der Waals surface area contributed by atoms with Crippen LogP contribution in [-0.4, -0.2) is 40.2 Å². The standard InChI is InChI=1S/C31H25Cl2N3O5S2/c1-3-15-41-23-14-11-19(16-24(23)40-4-2)26-25(27(37)18-9-12-21(32)13-10-18)28(38)29(39)36(26)30-34-35-31(43-30)42-17-20-7-5-6-8-22(20)33/h3,5-14,16,26,37H,1,4,15,17H2,2H3. The molecular formula is C31H25Cl2N3O5S2. The Kier molecular flexibility index (Phi) is 9.72. The fourth-order valence-electron chi connectivity index (χ4n) is 4.45. The molecule has 1 unspecified atom stereocenters. The van der Waals surface area contributed by atoms with Crippen molar-refractivity contribution in [1.29, 1.82) is 0 Å². The quantitative estimate of drug-likeness (QED) is 0.0438. The van der Waals surface area contributed by atoms with E-state index < -0.39 is 17.7 Å². The van der Waals surface area contributed by atoms with E-state index in [1.165, 1.54) is 16.7 Å². The summed E-state index contributed by atoms with van der Waals surface area (Å²) < 4.78 is 12.2. The van der Waals surface area contributed by atoms with Crippen molar-refractivity contribution >= 4 is 68.9 Å². The normalized spacial score (nSPS) is 16.0. The fourth-order valence-corrected chi connectivity index (χ4v) is 6.73. The Labute approximate surface area is 266 Å². The molecule has 43 heavy (non-hydrogen) atoms. The summed E-state index contributed by atoms with van der Waals surface area (Å²) in [4.78, 5) is 28.4. The van der Waals surface area contributed by atoms with E-state index in [1.54, 1.807) is 48.5 Å². The topological polar surface area (TPSA) is 102 Å². The van der Waals surface area contributed by atoms with Crippen LogP contribution in [0.2, 0.25) is 10.0 Å². The molecule has 5 rings (SSSR count). The van der Waals surface area contributed by atoms with Gasteiger partial charge in [0.05, 0.1) is 18.2 Å². The molecular weight excluding hydrogens is 629 g/mol. The van der Waals surface area contributed by atoms with Crippen LogP contribution in [0, 0.1) is 0 Å². The molecule has 2 heterocycles. The molecule has 0 saturated carbocycles. The molecule has 8 nitrogen and oxygen atoms in total. The molecule has 1 aliphatic rings. The molecule has 0 bridgehead atoms. The van der Waals surface area contributed by atoms with Gasteiger partial charge in [-0.3, -0.25) is 14.5 Å². The van der Waals surface area contributed by atoms with E-state index >= 15 is 0 Å². The first-order chi connectivity index (χ1) is 20.8. The van der Waals surface area contributed by atoms with Gasteiger partial charge in [-0.25, -0.2) is 0 Å². The molecule has 3 aromatic carbocycles. The van der Waals surface area contributed by atoms with Crippen molar-refractivity contribution in [2.75, 3.05) is 18.1 Å². The molecule has 4 aromatic rings. The minimum absolute atomic E-state index is 0.102. The van der Waals surface area contributed by atoms with Gasteiger partial charge in [-0.05, 0) is 60.5 Å². The highest BCUT2D eigenvalue weighted by Gasteiger charge is 2.48. The number of ether oxygens (including phenoxy) is 2. The number of carbonyl (C=O) groups excluding carboxylic acids is 2. The summed E-state index contributed by atoms with van der Waals surface area (Å²) in [5.74, 6) is -0.629. The number of thioether (sulfide) groups is 1. The molecule has 0 spiro atoms. The Bertz CT molecular complexity index is 1710. The molecule has 1 fully saturated rings. The number of anilines is 1. The Hall–Kier alpha value is -3.83. The number of ketones is 1. The van der Waals surface area contributed by atoms with Gasteiger partial charge in [0.2, 0.25) is 5.13 Å². The first-order valence-corrected chi connectivity index (χ1v) is 15.6. The zero-order valence-corrected chi connectivity index (χ0v) is 26.0. The first kappa shape index (κ1) is 30.6. The second-order valence-corrected chi connectivity index (χ2v) is 12.2. The van der Waals surface area contributed by atoms with Crippen molar-refractivity contribution < 1.29 is 24.2 Å². The van der Waals surface area contributed by atoms with Crippen molar-refractivity contribution in [1.82, 2.24) is 10.2 Å². The van der Waals surface area contributed by atoms with Crippen molar-refractivity contribution in [2.24, 2.45) is 0 Å². The summed E-state index contributed by atoms with van der Waals surface area (Å²) >= 11 is 14.9. The molecule has 1 aliphatic heterocycles. The van der Waals surface area contributed by atoms with Crippen LogP contribution in [0.25, 0.3) is 5.76 Å². The van der Waals surface area contributed by atoms with Gasteiger partial charge < -0.3 is 14.6 Å². The largest absolute Gasteiger partial charge is 0.507 e. The van der Waals surface area contributed by atoms with Gasteiger partial charge in [-0.2, -0.15) is 0 Å². The maximum Gasteiger partial charge on any atom is 0.301 e. The number of aromatic nitrogens is 2. The van der Waals surface area contributed by atoms with E-state index in [4.69, 9.17) is 32.7 Å². The van der Waals surface area contributed by atoms with E-state index in [-0.39, 0.29) is 23.1 Å². The lowest BCUT2D eigenvalue weighted by molar-refractivity contribution is -0.132. The van der Waals surface area contributed by atoms with E-state index in [0.29, 0.717) is 49.4 Å². The molecule has 0 radical (unpaired) electrons. The van der Waals surface area contributed by atoms with E-state index in [1.807, 2.05) is 31.2 Å². The minimum Gasteiger partial charge on any atom is -0.507 e. The second-order valence-electron chi connectivity index (χ2n) is 9.15. The van der Waals surface area contributed by atoms with Gasteiger partial charge in [0.1, 0.15) is 12.4 Å². The SMILES string of the molecule is C=CCOc1ccc(C2C(=C(O)c3ccc(Cl)cc3)C(=O)C(=O)N2c2nnc(SCc3ccccc3Cl)s2)cc1OCC. The molecule has 12 heteroatoms. The lowest BCUT2D eigenvalue weighted by atomic mass is 9.95. The van der Waals surface area contributed by atoms with Crippen molar-refractivity contribution in [3.8, 4) is 11.5 Å². The molecule has 1 aromatic heterocycles. The second kappa shape index (κ2) is 13.6. The van der Waals surface area contributed by atoms with Gasteiger partial charge >= 0.3 is 5.91 Å². The van der Waals surface area contributed by atoms with Crippen LogP contribution >= 0.6 is 46.3 Å². The maximum absolute atomic E-state index is 13.6. The number of hydrogen-bond acceptors (Lipinski definition) is 9. The number of hydrogen-bond donors (Lipinski definition) is 1. The zero-order valence-electron chi connectivity index (χ0n) is 22.8. The Morgan fingerprint density at radius 3 is 2.56 bits per heavy atom. The maximum atomic E-state index is 13.6. The smallest absolute Gasteiger partial charge is 0.301 e. The van der Waals surface area contributed by atoms with Crippen LogP contribution in [0.5, 0.6) is 11.5 Å². The Balaban J connectivity index is 1.58. The number of halogens is 2. The third-order valence-electron chi connectivity index (χ3n) is 6.41. The summed E-state index contributed by atoms with van der Waals surface area (Å²) in [5.41, 5.74) is 1.66. The average molecular weight is 655 g/mol. The molecule has 220 valence electrons. The van der Waals surface area contributed by atoms with Crippen LogP contribution in [-0.2, 0) is 15.3 Å². The Morgan fingerprint density at radius 1 is 1.07 bits per heavy atom. The zero-order chi connectivity index (χ0) is 30.5. The van der Waals surface area contributed by atoms with Gasteiger partial charge in [-0.15, -0.1) is 10.2 Å². The number of nitrogens with zero attached hydrogens (tertiary/aromatic N) is 3. The third kappa shape index (κ3) is 6.57. The predicted octanol–water partition coefficient (Wildman–Crippen LogP) is 7.73. The number of aliphatic hydroxyl groups excluding tert-OH is 1. The average Bonchev–Trinajstić information content (AvgIpc) is 3.58. The fraction of sp³-hybridized carbons (Fsp3) is 0.161. The molecule has 1 atom stereocenters. The van der Waals surface area contributed by atoms with Crippen LogP contribution in [0.4, 0.5) is 5.13 Å². The number of benzene rings is 3. The minimum atomic E-state index is -1.03. The molecule has 1 N–H and O–H groups in total. The summed E-state index contributed by atoms with van der Waals surface area (Å²) in [6, 6.07) is 17.9. The van der Waals surface area contributed by atoms with E-state index in [9.17, 15) is 14.7 Å². The first-order valence-electron chi connectivity index (χ1n) is 13.1. The van der Waals surface area contributed by atoms with Crippen LogP contribution in [0.15, 0.2) is 89.3 Å². The summed E-state index contributed by atoms with van der Waals surface area (Å²) in [5, 5.41) is 21.2. The summed E-state index contributed by atoms with van der Waals surface area (Å²) in [6.07, 6.45) is 1.61. The Morgan fingerprint density at radius 2 is 1.84 bits per heavy atom. The van der Waals surface area contributed by atoms with Gasteiger partial charge in [-0.1, -0.05) is 83.2 Å². The summed E-state index contributed by atoms with van der Waals surface area (Å²) in [6.45, 7) is 6.12. The lowest BCUT2D eigenvalue weighted by Crippen LogP contribution is -2.29. The van der Waals surface area contributed by atoms with E-state index in [0.717, 1.165) is 16.9 Å². The molecule has 1 amide bonds. The van der Waals surface area contributed by atoms with E-state index in [2.05, 4.69) is 16.8 Å². The van der Waals surface area contributed by atoms with Crippen LogP contribution < -0.4 is 14.4 Å². The van der Waals surface area contributed by atoms with Crippen molar-refractivity contribution in [2.45, 2.75) is 23.1 Å². The van der Waals surface area contributed by atoms with Gasteiger partial charge in [0.25, 0.3) is 5.78 Å². The number of rotatable bonds is 11. The number of amides is 1. The van der Waals surface area contributed by atoms with Crippen LogP contribution in [0.1, 0.15) is 29.7 Å².